The van der Waals surface area contributed by atoms with Gasteiger partial charge in [-0.25, -0.2) is 0 Å². The standard InChI is InChI=1S/C33H53BN8O12/c1-23(33(52)42-13-3-4-26(42)34(53)54)39-32(51)25-8-6-24(7-9-25)18-38-27(43)5-2-10-37-28(44)21-40(14-11-35-19-29(45)46)16-17-41(22-31(49)50)15-12-36-20-30(47)48/h6-9,23,26,35-36,53-54H,2-5,10-22H2,1H3,(H,37,44)(H,38,43)(H,39,51)(H,45,46)(H,47,48)(H,49,50)/t23-,26+/m1/s1. The highest BCUT2D eigenvalue weighted by atomic mass is 16.4. The van der Waals surface area contributed by atoms with Crippen molar-refractivity contribution in [3.63, 3.8) is 0 Å². The topological polar surface area (TPSA) is 291 Å². The first-order valence-electron chi connectivity index (χ1n) is 17.8. The first kappa shape index (κ1) is 45.5. The summed E-state index contributed by atoms with van der Waals surface area (Å²) in [7, 11) is -1.65. The van der Waals surface area contributed by atoms with Crippen LogP contribution >= 0.6 is 0 Å². The van der Waals surface area contributed by atoms with E-state index in [0.717, 1.165) is 5.56 Å². The molecule has 10 N–H and O–H groups in total. The van der Waals surface area contributed by atoms with Crippen molar-refractivity contribution in [1.29, 1.82) is 0 Å². The molecule has 0 radical (unpaired) electrons. The number of benzene rings is 1. The Morgan fingerprint density at radius 2 is 1.39 bits per heavy atom. The number of hydrogen-bond acceptors (Lipinski definition) is 13. The number of carboxylic acids is 3. The second-order valence-corrected chi connectivity index (χ2v) is 12.9. The van der Waals surface area contributed by atoms with E-state index in [9.17, 15) is 48.7 Å². The highest BCUT2D eigenvalue weighted by Gasteiger charge is 2.38. The van der Waals surface area contributed by atoms with E-state index in [2.05, 4.69) is 26.6 Å². The van der Waals surface area contributed by atoms with Crippen LogP contribution in [0.4, 0.5) is 0 Å². The first-order chi connectivity index (χ1) is 25.7. The van der Waals surface area contributed by atoms with E-state index in [1.807, 2.05) is 0 Å². The average Bonchev–Trinajstić information content (AvgIpc) is 3.61. The highest BCUT2D eigenvalue weighted by Crippen LogP contribution is 2.19. The normalized spacial score (nSPS) is 14.5. The van der Waals surface area contributed by atoms with Gasteiger partial charge in [-0.2, -0.15) is 0 Å². The van der Waals surface area contributed by atoms with E-state index in [1.54, 1.807) is 34.1 Å². The number of carboxylic acid groups (broad SMARTS) is 3. The van der Waals surface area contributed by atoms with Crippen molar-refractivity contribution < 1.29 is 58.9 Å². The molecule has 2 rings (SSSR count). The SMILES string of the molecule is C[C@@H](NC(=O)c1ccc(CNC(=O)CCCNC(=O)CN(CCNCC(=O)O)CCN(CCNCC(=O)O)CC(=O)O)cc1)C(=O)N1CCC[C@H]1B(O)O. The van der Waals surface area contributed by atoms with Crippen LogP contribution in [0, 0.1) is 0 Å². The van der Waals surface area contributed by atoms with Crippen LogP contribution in [0.5, 0.6) is 0 Å². The van der Waals surface area contributed by atoms with Crippen molar-refractivity contribution in [3.8, 4) is 0 Å². The van der Waals surface area contributed by atoms with Gasteiger partial charge >= 0.3 is 25.0 Å². The molecule has 0 aliphatic carbocycles. The zero-order valence-electron chi connectivity index (χ0n) is 30.5. The molecule has 0 saturated carbocycles. The van der Waals surface area contributed by atoms with E-state index >= 15 is 0 Å². The Kier molecular flexibility index (Phi) is 20.7. The molecule has 0 bridgehead atoms. The molecule has 300 valence electrons. The minimum atomic E-state index is -1.65. The minimum Gasteiger partial charge on any atom is -0.480 e. The van der Waals surface area contributed by atoms with E-state index in [0.29, 0.717) is 37.9 Å². The van der Waals surface area contributed by atoms with Gasteiger partial charge < -0.3 is 56.9 Å². The van der Waals surface area contributed by atoms with Crippen LogP contribution in [0.2, 0.25) is 0 Å². The van der Waals surface area contributed by atoms with E-state index < -0.39 is 48.8 Å². The van der Waals surface area contributed by atoms with Gasteiger partial charge in [0, 0.05) is 70.9 Å². The van der Waals surface area contributed by atoms with Crippen molar-refractivity contribution in [1.82, 2.24) is 41.3 Å². The fourth-order valence-corrected chi connectivity index (χ4v) is 5.64. The lowest BCUT2D eigenvalue weighted by atomic mass is 9.78. The van der Waals surface area contributed by atoms with Crippen LogP contribution in [0.3, 0.4) is 0 Å². The molecule has 4 amide bonds. The van der Waals surface area contributed by atoms with Gasteiger partial charge in [-0.3, -0.25) is 43.4 Å². The Morgan fingerprint density at radius 1 is 0.796 bits per heavy atom. The Bertz CT molecular complexity index is 1400. The Morgan fingerprint density at radius 3 is 1.94 bits per heavy atom. The maximum Gasteiger partial charge on any atom is 0.475 e. The number of carbonyl (C=O) groups excluding carboxylic acids is 4. The third-order valence-electron chi connectivity index (χ3n) is 8.47. The van der Waals surface area contributed by atoms with Crippen LogP contribution in [0.25, 0.3) is 0 Å². The van der Waals surface area contributed by atoms with Gasteiger partial charge in [0.05, 0.1) is 32.1 Å². The number of rotatable bonds is 27. The van der Waals surface area contributed by atoms with Crippen molar-refractivity contribution in [2.45, 2.75) is 51.1 Å². The monoisotopic (exact) mass is 764 g/mol. The number of nitrogens with one attached hydrogen (secondary N) is 5. The molecule has 0 aromatic heterocycles. The second-order valence-electron chi connectivity index (χ2n) is 12.9. The van der Waals surface area contributed by atoms with Crippen LogP contribution in [0.15, 0.2) is 24.3 Å². The maximum absolute atomic E-state index is 12.8. The predicted molar refractivity (Wildman–Crippen MR) is 194 cm³/mol. The predicted octanol–water partition coefficient (Wildman–Crippen LogP) is -3.64. The summed E-state index contributed by atoms with van der Waals surface area (Å²) < 4.78 is 0. The summed E-state index contributed by atoms with van der Waals surface area (Å²) in [6.45, 7) is 2.99. The van der Waals surface area contributed by atoms with E-state index in [1.165, 1.54) is 11.8 Å². The molecule has 2 atom stereocenters. The van der Waals surface area contributed by atoms with Gasteiger partial charge in [0.25, 0.3) is 5.91 Å². The quantitative estimate of drug-likeness (QED) is 0.0305. The number of aliphatic carboxylic acids is 3. The smallest absolute Gasteiger partial charge is 0.475 e. The summed E-state index contributed by atoms with van der Waals surface area (Å²) in [5, 5.41) is 59.6. The molecular formula is C33H53BN8O12. The third kappa shape index (κ3) is 18.4. The summed E-state index contributed by atoms with van der Waals surface area (Å²) in [6.07, 6.45) is 1.58. The Labute approximate surface area is 313 Å². The van der Waals surface area contributed by atoms with Crippen molar-refractivity contribution in [3.05, 3.63) is 35.4 Å². The van der Waals surface area contributed by atoms with E-state index in [4.69, 9.17) is 10.2 Å². The minimum absolute atomic E-state index is 0.0604. The van der Waals surface area contributed by atoms with Crippen molar-refractivity contribution >= 4 is 48.7 Å². The molecule has 1 saturated heterocycles. The summed E-state index contributed by atoms with van der Waals surface area (Å²) >= 11 is 0. The van der Waals surface area contributed by atoms with Gasteiger partial charge in [0.2, 0.25) is 17.7 Å². The van der Waals surface area contributed by atoms with Gasteiger partial charge in [-0.05, 0) is 43.9 Å². The molecule has 21 heteroatoms. The highest BCUT2D eigenvalue weighted by molar-refractivity contribution is 6.43. The van der Waals surface area contributed by atoms with E-state index in [-0.39, 0.29) is 90.2 Å². The fourth-order valence-electron chi connectivity index (χ4n) is 5.64. The molecule has 0 unspecified atom stereocenters. The number of nitrogens with zero attached hydrogens (tertiary/aromatic N) is 3. The molecule has 1 fully saturated rings. The molecule has 1 aliphatic heterocycles. The van der Waals surface area contributed by atoms with Crippen molar-refractivity contribution in [2.75, 3.05) is 78.5 Å². The number of carbonyl (C=O) groups is 7. The zero-order valence-corrected chi connectivity index (χ0v) is 30.5. The molecule has 1 heterocycles. The largest absolute Gasteiger partial charge is 0.480 e. The first-order valence-corrected chi connectivity index (χ1v) is 17.8. The van der Waals surface area contributed by atoms with Crippen LogP contribution < -0.4 is 26.6 Å². The third-order valence-corrected chi connectivity index (χ3v) is 8.47. The molecule has 54 heavy (non-hydrogen) atoms. The molecule has 1 aliphatic rings. The molecular weight excluding hydrogens is 711 g/mol. The van der Waals surface area contributed by atoms with Gasteiger partial charge in [0.15, 0.2) is 0 Å². The van der Waals surface area contributed by atoms with Gasteiger partial charge in [-0.15, -0.1) is 0 Å². The maximum atomic E-state index is 12.8. The summed E-state index contributed by atoms with van der Waals surface area (Å²) in [6, 6.07) is 5.59. The number of amides is 4. The summed E-state index contributed by atoms with van der Waals surface area (Å²) in [4.78, 5) is 88.2. The lowest BCUT2D eigenvalue weighted by molar-refractivity contribution is -0.139. The summed E-state index contributed by atoms with van der Waals surface area (Å²) in [5.41, 5.74) is 1.03. The van der Waals surface area contributed by atoms with Crippen molar-refractivity contribution in [2.24, 2.45) is 0 Å². The Balaban J connectivity index is 1.75. The van der Waals surface area contributed by atoms with Crippen LogP contribution in [-0.2, 0) is 35.3 Å². The second kappa shape index (κ2) is 24.6. The molecule has 20 nitrogen and oxygen atoms in total. The van der Waals surface area contributed by atoms with Crippen LogP contribution in [0.1, 0.15) is 48.5 Å². The van der Waals surface area contributed by atoms with Gasteiger partial charge in [-0.1, -0.05) is 12.1 Å². The van der Waals surface area contributed by atoms with Gasteiger partial charge in [0.1, 0.15) is 6.04 Å². The van der Waals surface area contributed by atoms with Crippen LogP contribution in [-0.4, -0.2) is 179 Å². The number of hydrogen-bond donors (Lipinski definition) is 10. The molecule has 1 aromatic carbocycles. The lowest BCUT2D eigenvalue weighted by Gasteiger charge is -2.27. The lowest BCUT2D eigenvalue weighted by Crippen LogP contribution is -2.52. The fraction of sp³-hybridized carbons (Fsp3) is 0.606. The summed E-state index contributed by atoms with van der Waals surface area (Å²) in [5.74, 6) is -5.32. The average molecular weight is 765 g/mol. The Hall–Kier alpha value is -4.67. The number of likely N-dealkylation sites (tertiary alicyclic amines) is 1. The molecule has 1 aromatic rings. The zero-order chi connectivity index (χ0) is 40.0. The molecule has 0 spiro atoms.